The summed E-state index contributed by atoms with van der Waals surface area (Å²) in [5, 5.41) is 12.6. The molecule has 0 saturated heterocycles. The molecule has 3 rings (SSSR count). The highest BCUT2D eigenvalue weighted by atomic mass is 35.5. The monoisotopic (exact) mass is 341 g/mol. The number of rotatable bonds is 3. The van der Waals surface area contributed by atoms with Crippen molar-refractivity contribution in [3.63, 3.8) is 0 Å². The van der Waals surface area contributed by atoms with Crippen LogP contribution >= 0.6 is 11.6 Å². The Hall–Kier alpha value is -2.63. The Bertz CT molecular complexity index is 800. The second-order valence-electron chi connectivity index (χ2n) is 5.26. The molecule has 2 aromatic rings. The molecule has 2 amide bonds. The molecule has 0 fully saturated rings. The van der Waals surface area contributed by atoms with E-state index in [1.54, 1.807) is 30.6 Å². The van der Waals surface area contributed by atoms with E-state index < -0.39 is 0 Å². The first kappa shape index (κ1) is 16.2. The second kappa shape index (κ2) is 7.29. The number of hydrogen-bond donors (Lipinski definition) is 2. The van der Waals surface area contributed by atoms with Gasteiger partial charge < -0.3 is 10.4 Å². The van der Waals surface area contributed by atoms with E-state index in [2.05, 4.69) is 10.3 Å². The van der Waals surface area contributed by atoms with Crippen LogP contribution in [-0.4, -0.2) is 28.9 Å². The van der Waals surface area contributed by atoms with Crippen molar-refractivity contribution in [3.8, 4) is 11.1 Å². The third-order valence-corrected chi connectivity index (χ3v) is 3.86. The molecule has 2 N–H and O–H groups in total. The fourth-order valence-electron chi connectivity index (χ4n) is 2.37. The van der Waals surface area contributed by atoms with Gasteiger partial charge in [0.25, 0.3) is 0 Å². The van der Waals surface area contributed by atoms with Crippen molar-refractivity contribution in [2.45, 2.75) is 6.61 Å². The fraction of sp³-hybridized carbons (Fsp3) is 0.111. The summed E-state index contributed by atoms with van der Waals surface area (Å²) in [5.41, 5.74) is 3.22. The SMILES string of the molecule is O=C(Nc1cc(Cl)ccc1-c1ccc(CO)cc1)N1C=CC=NC1. The van der Waals surface area contributed by atoms with Gasteiger partial charge in [-0.3, -0.25) is 9.89 Å². The average Bonchev–Trinajstić information content (AvgIpc) is 2.63. The molecule has 5 nitrogen and oxygen atoms in total. The average molecular weight is 342 g/mol. The van der Waals surface area contributed by atoms with Crippen LogP contribution in [-0.2, 0) is 6.61 Å². The summed E-state index contributed by atoms with van der Waals surface area (Å²) in [7, 11) is 0. The van der Waals surface area contributed by atoms with E-state index in [4.69, 9.17) is 16.7 Å². The molecule has 0 aromatic heterocycles. The second-order valence-corrected chi connectivity index (χ2v) is 5.70. The quantitative estimate of drug-likeness (QED) is 0.889. The lowest BCUT2D eigenvalue weighted by molar-refractivity contribution is 0.229. The van der Waals surface area contributed by atoms with Gasteiger partial charge in [0.1, 0.15) is 6.67 Å². The minimum atomic E-state index is -0.279. The molecule has 0 radical (unpaired) electrons. The summed E-state index contributed by atoms with van der Waals surface area (Å²) in [5.74, 6) is 0. The Morgan fingerprint density at radius 2 is 2.04 bits per heavy atom. The van der Waals surface area contributed by atoms with Crippen LogP contribution in [0.1, 0.15) is 5.56 Å². The highest BCUT2D eigenvalue weighted by Crippen LogP contribution is 2.31. The zero-order chi connectivity index (χ0) is 16.9. The highest BCUT2D eigenvalue weighted by Gasteiger charge is 2.14. The zero-order valence-corrected chi connectivity index (χ0v) is 13.6. The number of halogens is 1. The van der Waals surface area contributed by atoms with E-state index in [-0.39, 0.29) is 19.3 Å². The van der Waals surface area contributed by atoms with Crippen molar-refractivity contribution in [1.82, 2.24) is 4.90 Å². The summed E-state index contributed by atoms with van der Waals surface area (Å²) in [6.45, 7) is 0.274. The van der Waals surface area contributed by atoms with Crippen molar-refractivity contribution in [1.29, 1.82) is 0 Å². The molecule has 24 heavy (non-hydrogen) atoms. The number of carbonyl (C=O) groups is 1. The van der Waals surface area contributed by atoms with Gasteiger partial charge in [0, 0.05) is 23.0 Å². The lowest BCUT2D eigenvalue weighted by atomic mass is 10.0. The van der Waals surface area contributed by atoms with Crippen molar-refractivity contribution < 1.29 is 9.90 Å². The molecule has 0 bridgehead atoms. The van der Waals surface area contributed by atoms with E-state index in [0.29, 0.717) is 10.7 Å². The van der Waals surface area contributed by atoms with E-state index in [1.807, 2.05) is 30.3 Å². The Kier molecular flexibility index (Phi) is 4.93. The fourth-order valence-corrected chi connectivity index (χ4v) is 2.54. The summed E-state index contributed by atoms with van der Waals surface area (Å²) in [6, 6.07) is 12.6. The summed E-state index contributed by atoms with van der Waals surface area (Å²) < 4.78 is 0. The molecule has 0 spiro atoms. The molecular formula is C18H16ClN3O2. The van der Waals surface area contributed by atoms with Crippen LogP contribution in [0.2, 0.25) is 5.02 Å². The molecular weight excluding hydrogens is 326 g/mol. The van der Waals surface area contributed by atoms with Gasteiger partial charge in [0.15, 0.2) is 0 Å². The largest absolute Gasteiger partial charge is 0.392 e. The van der Waals surface area contributed by atoms with E-state index in [1.165, 1.54) is 4.90 Å². The summed E-state index contributed by atoms with van der Waals surface area (Å²) in [4.78, 5) is 17.9. The van der Waals surface area contributed by atoms with Crippen molar-refractivity contribution in [2.24, 2.45) is 4.99 Å². The predicted octanol–water partition coefficient (Wildman–Crippen LogP) is 3.89. The molecule has 0 unspecified atom stereocenters. The molecule has 0 atom stereocenters. The maximum absolute atomic E-state index is 12.4. The van der Waals surface area contributed by atoms with Gasteiger partial charge in [-0.25, -0.2) is 4.79 Å². The number of hydrogen-bond acceptors (Lipinski definition) is 3. The Labute approximate surface area is 144 Å². The van der Waals surface area contributed by atoms with Crippen LogP contribution < -0.4 is 5.32 Å². The number of benzene rings is 2. The van der Waals surface area contributed by atoms with Gasteiger partial charge in [-0.05, 0) is 29.3 Å². The van der Waals surface area contributed by atoms with Gasteiger partial charge in [-0.15, -0.1) is 0 Å². The van der Waals surface area contributed by atoms with Gasteiger partial charge in [-0.2, -0.15) is 0 Å². The van der Waals surface area contributed by atoms with Gasteiger partial charge in [-0.1, -0.05) is 41.9 Å². The van der Waals surface area contributed by atoms with Crippen LogP contribution in [0.15, 0.2) is 59.7 Å². The minimum absolute atomic E-state index is 0.00764. The zero-order valence-electron chi connectivity index (χ0n) is 12.8. The first-order valence-electron chi connectivity index (χ1n) is 7.41. The molecule has 2 aromatic carbocycles. The van der Waals surface area contributed by atoms with E-state index >= 15 is 0 Å². The van der Waals surface area contributed by atoms with Crippen LogP contribution in [0.5, 0.6) is 0 Å². The van der Waals surface area contributed by atoms with Gasteiger partial charge in [0.2, 0.25) is 0 Å². The number of urea groups is 1. The van der Waals surface area contributed by atoms with Crippen molar-refractivity contribution in [3.05, 3.63) is 65.3 Å². The van der Waals surface area contributed by atoms with Crippen LogP contribution in [0, 0.1) is 0 Å². The van der Waals surface area contributed by atoms with Crippen molar-refractivity contribution >= 4 is 29.5 Å². The molecule has 1 heterocycles. The molecule has 1 aliphatic rings. The van der Waals surface area contributed by atoms with Crippen LogP contribution in [0.25, 0.3) is 11.1 Å². The number of aliphatic hydroxyl groups excluding tert-OH is 1. The summed E-state index contributed by atoms with van der Waals surface area (Å²) in [6.07, 6.45) is 5.02. The standard InChI is InChI=1S/C18H16ClN3O2/c19-15-6-7-16(14-4-2-13(11-23)3-5-14)17(10-15)21-18(24)22-9-1-8-20-12-22/h1-10,23H,11-12H2,(H,21,24). The smallest absolute Gasteiger partial charge is 0.327 e. The number of anilines is 1. The maximum atomic E-state index is 12.4. The first-order valence-corrected chi connectivity index (χ1v) is 7.79. The number of amides is 2. The van der Waals surface area contributed by atoms with E-state index in [9.17, 15) is 4.79 Å². The number of aliphatic imine (C=N–C) groups is 1. The highest BCUT2D eigenvalue weighted by molar-refractivity contribution is 6.31. The number of nitrogens with zero attached hydrogens (tertiary/aromatic N) is 2. The van der Waals surface area contributed by atoms with Gasteiger partial charge in [0.05, 0.1) is 12.3 Å². The molecule has 1 aliphatic heterocycles. The Morgan fingerprint density at radius 1 is 1.25 bits per heavy atom. The minimum Gasteiger partial charge on any atom is -0.392 e. The van der Waals surface area contributed by atoms with E-state index in [0.717, 1.165) is 16.7 Å². The molecule has 122 valence electrons. The molecule has 0 aliphatic carbocycles. The number of nitrogens with one attached hydrogen (secondary N) is 1. The lowest BCUT2D eigenvalue weighted by Crippen LogP contribution is -2.32. The number of carbonyl (C=O) groups excluding carboxylic acids is 1. The maximum Gasteiger partial charge on any atom is 0.327 e. The predicted molar refractivity (Wildman–Crippen MR) is 96.2 cm³/mol. The number of aliphatic hydroxyl groups is 1. The van der Waals surface area contributed by atoms with Crippen molar-refractivity contribution in [2.75, 3.05) is 12.0 Å². The normalized spacial score (nSPS) is 13.2. The first-order chi connectivity index (χ1) is 11.7. The van der Waals surface area contributed by atoms with Crippen LogP contribution in [0.3, 0.4) is 0 Å². The third-order valence-electron chi connectivity index (χ3n) is 3.62. The summed E-state index contributed by atoms with van der Waals surface area (Å²) >= 11 is 6.09. The Balaban J connectivity index is 1.89. The number of allylic oxidation sites excluding steroid dienone is 1. The topological polar surface area (TPSA) is 64.9 Å². The van der Waals surface area contributed by atoms with Gasteiger partial charge >= 0.3 is 6.03 Å². The molecule has 0 saturated carbocycles. The Morgan fingerprint density at radius 3 is 2.71 bits per heavy atom. The molecule has 6 heteroatoms. The lowest BCUT2D eigenvalue weighted by Gasteiger charge is -2.20. The third kappa shape index (κ3) is 3.64. The van der Waals surface area contributed by atoms with Crippen LogP contribution in [0.4, 0.5) is 10.5 Å².